The Balaban J connectivity index is 1.59. The summed E-state index contributed by atoms with van der Waals surface area (Å²) in [5.41, 5.74) is 3.53. The first kappa shape index (κ1) is 22.5. The largest absolute Gasteiger partial charge is 0.484 e. The fraction of sp³-hybridized carbons (Fsp3) is 0.364. The van der Waals surface area contributed by atoms with Crippen LogP contribution in [0.25, 0.3) is 0 Å². The SMILES string of the molecule is CC(=O)Nc1cccc2c1CCN(C(=O)NC(C)c1ccc(OCC(F)(F)F)cc1)C2. The minimum atomic E-state index is -4.39. The number of halogens is 3. The molecule has 1 heterocycles. The standard InChI is InChI=1S/C22H24F3N3O3/c1-14(16-6-8-18(9-7-16)31-13-22(23,24)25)26-21(30)28-11-10-19-17(12-28)4-3-5-20(19)27-15(2)29/h3-9,14H,10-13H2,1-2H3,(H,26,30)(H,27,29). The molecule has 0 saturated carbocycles. The summed E-state index contributed by atoms with van der Waals surface area (Å²) in [6.45, 7) is 2.84. The van der Waals surface area contributed by atoms with Gasteiger partial charge in [-0.15, -0.1) is 0 Å². The number of carbonyl (C=O) groups excluding carboxylic acids is 2. The second-order valence-corrected chi connectivity index (χ2v) is 7.44. The van der Waals surface area contributed by atoms with Gasteiger partial charge in [-0.05, 0) is 48.2 Å². The molecule has 1 atom stereocenters. The van der Waals surface area contributed by atoms with E-state index >= 15 is 0 Å². The van der Waals surface area contributed by atoms with Crippen LogP contribution in [0, 0.1) is 0 Å². The molecule has 0 aromatic heterocycles. The van der Waals surface area contributed by atoms with E-state index in [2.05, 4.69) is 10.6 Å². The van der Waals surface area contributed by atoms with Crippen LogP contribution in [-0.4, -0.2) is 36.2 Å². The summed E-state index contributed by atoms with van der Waals surface area (Å²) in [7, 11) is 0. The van der Waals surface area contributed by atoms with Gasteiger partial charge in [-0.1, -0.05) is 24.3 Å². The summed E-state index contributed by atoms with van der Waals surface area (Å²) in [4.78, 5) is 25.8. The molecular weight excluding hydrogens is 411 g/mol. The molecule has 0 bridgehead atoms. The van der Waals surface area contributed by atoms with Crippen LogP contribution >= 0.6 is 0 Å². The lowest BCUT2D eigenvalue weighted by Gasteiger charge is -2.31. The Bertz CT molecular complexity index is 945. The van der Waals surface area contributed by atoms with Gasteiger partial charge in [0.1, 0.15) is 5.75 Å². The number of rotatable bonds is 5. The summed E-state index contributed by atoms with van der Waals surface area (Å²) in [5, 5.41) is 5.74. The van der Waals surface area contributed by atoms with Crippen LogP contribution < -0.4 is 15.4 Å². The van der Waals surface area contributed by atoms with E-state index in [4.69, 9.17) is 4.74 Å². The van der Waals surface area contributed by atoms with Gasteiger partial charge in [0.25, 0.3) is 0 Å². The number of hydrogen-bond acceptors (Lipinski definition) is 3. The number of fused-ring (bicyclic) bond motifs is 1. The molecule has 31 heavy (non-hydrogen) atoms. The number of nitrogens with one attached hydrogen (secondary N) is 2. The fourth-order valence-electron chi connectivity index (χ4n) is 3.47. The lowest BCUT2D eigenvalue weighted by Crippen LogP contribution is -2.43. The molecule has 1 aliphatic rings. The minimum absolute atomic E-state index is 0.113. The molecule has 1 aliphatic heterocycles. The molecule has 0 spiro atoms. The Hall–Kier alpha value is -3.23. The van der Waals surface area contributed by atoms with Gasteiger partial charge in [-0.3, -0.25) is 4.79 Å². The highest BCUT2D eigenvalue weighted by Crippen LogP contribution is 2.27. The predicted molar refractivity (Wildman–Crippen MR) is 110 cm³/mol. The third-order valence-corrected chi connectivity index (χ3v) is 4.99. The summed E-state index contributed by atoms with van der Waals surface area (Å²) in [6.07, 6.45) is -3.77. The van der Waals surface area contributed by atoms with E-state index < -0.39 is 12.8 Å². The molecule has 1 unspecified atom stereocenters. The zero-order chi connectivity index (χ0) is 22.6. The van der Waals surface area contributed by atoms with Gasteiger partial charge in [0.15, 0.2) is 6.61 Å². The Morgan fingerprint density at radius 3 is 2.52 bits per heavy atom. The van der Waals surface area contributed by atoms with Crippen LogP contribution in [0.15, 0.2) is 42.5 Å². The molecule has 2 aromatic rings. The molecule has 0 saturated heterocycles. The first-order valence-corrected chi connectivity index (χ1v) is 9.85. The first-order valence-electron chi connectivity index (χ1n) is 9.85. The smallest absolute Gasteiger partial charge is 0.422 e. The normalized spacial score (nSPS) is 14.4. The van der Waals surface area contributed by atoms with E-state index in [0.717, 1.165) is 22.4 Å². The predicted octanol–water partition coefficient (Wildman–Crippen LogP) is 4.42. The summed E-state index contributed by atoms with van der Waals surface area (Å²) in [5.74, 6) is -0.0283. The van der Waals surface area contributed by atoms with Crippen LogP contribution in [0.4, 0.5) is 23.7 Å². The molecule has 3 amide bonds. The van der Waals surface area contributed by atoms with Gasteiger partial charge in [0.2, 0.25) is 5.91 Å². The monoisotopic (exact) mass is 435 g/mol. The van der Waals surface area contributed by atoms with Crippen LogP contribution in [0.1, 0.15) is 36.6 Å². The minimum Gasteiger partial charge on any atom is -0.484 e. The molecule has 2 aromatic carbocycles. The number of amides is 3. The van der Waals surface area contributed by atoms with E-state index in [0.29, 0.717) is 19.5 Å². The zero-order valence-electron chi connectivity index (χ0n) is 17.3. The van der Waals surface area contributed by atoms with Gasteiger partial charge in [0.05, 0.1) is 6.04 Å². The third-order valence-electron chi connectivity index (χ3n) is 4.99. The van der Waals surface area contributed by atoms with Crippen molar-refractivity contribution < 1.29 is 27.5 Å². The average molecular weight is 435 g/mol. The first-order chi connectivity index (χ1) is 14.6. The second kappa shape index (κ2) is 9.28. The molecule has 2 N–H and O–H groups in total. The van der Waals surface area contributed by atoms with E-state index in [1.165, 1.54) is 19.1 Å². The van der Waals surface area contributed by atoms with Gasteiger partial charge in [-0.25, -0.2) is 4.79 Å². The highest BCUT2D eigenvalue weighted by molar-refractivity contribution is 5.90. The highest BCUT2D eigenvalue weighted by atomic mass is 19.4. The topological polar surface area (TPSA) is 70.7 Å². The van der Waals surface area contributed by atoms with Crippen molar-refractivity contribution in [3.63, 3.8) is 0 Å². The van der Waals surface area contributed by atoms with Crippen LogP contribution in [0.5, 0.6) is 5.75 Å². The maximum atomic E-state index is 12.7. The Morgan fingerprint density at radius 1 is 1.16 bits per heavy atom. The second-order valence-electron chi connectivity index (χ2n) is 7.44. The van der Waals surface area contributed by atoms with Gasteiger partial charge in [0, 0.05) is 25.7 Å². The van der Waals surface area contributed by atoms with Crippen LogP contribution in [-0.2, 0) is 17.8 Å². The Kier molecular flexibility index (Phi) is 6.72. The third kappa shape index (κ3) is 6.13. The van der Waals surface area contributed by atoms with Crippen LogP contribution in [0.2, 0.25) is 0 Å². The van der Waals surface area contributed by atoms with Crippen molar-refractivity contribution in [1.29, 1.82) is 0 Å². The summed E-state index contributed by atoms with van der Waals surface area (Å²) in [6, 6.07) is 11.2. The summed E-state index contributed by atoms with van der Waals surface area (Å²) >= 11 is 0. The van der Waals surface area contributed by atoms with Crippen molar-refractivity contribution in [2.24, 2.45) is 0 Å². The molecule has 0 fully saturated rings. The van der Waals surface area contributed by atoms with Crippen LogP contribution in [0.3, 0.4) is 0 Å². The van der Waals surface area contributed by atoms with Gasteiger partial charge in [-0.2, -0.15) is 13.2 Å². The molecule has 0 radical (unpaired) electrons. The maximum absolute atomic E-state index is 12.7. The molecular formula is C22H24F3N3O3. The number of alkyl halides is 3. The Labute approximate surface area is 178 Å². The van der Waals surface area contributed by atoms with E-state index in [-0.39, 0.29) is 23.7 Å². The van der Waals surface area contributed by atoms with Gasteiger partial charge >= 0.3 is 12.2 Å². The lowest BCUT2D eigenvalue weighted by atomic mass is 9.98. The van der Waals surface area contributed by atoms with E-state index in [1.54, 1.807) is 24.0 Å². The maximum Gasteiger partial charge on any atom is 0.422 e. The van der Waals surface area contributed by atoms with E-state index in [9.17, 15) is 22.8 Å². The quantitative estimate of drug-likeness (QED) is 0.731. The van der Waals surface area contributed by atoms with Crippen molar-refractivity contribution in [1.82, 2.24) is 10.2 Å². The molecule has 9 heteroatoms. The highest BCUT2D eigenvalue weighted by Gasteiger charge is 2.28. The number of hydrogen-bond donors (Lipinski definition) is 2. The number of ether oxygens (including phenoxy) is 1. The van der Waals surface area contributed by atoms with Crippen molar-refractivity contribution in [2.45, 2.75) is 39.0 Å². The summed E-state index contributed by atoms with van der Waals surface area (Å²) < 4.78 is 41.4. The van der Waals surface area contributed by atoms with Crippen molar-refractivity contribution >= 4 is 17.6 Å². The average Bonchev–Trinajstić information content (AvgIpc) is 2.71. The fourth-order valence-corrected chi connectivity index (χ4v) is 3.47. The molecule has 0 aliphatic carbocycles. The number of benzene rings is 2. The van der Waals surface area contributed by atoms with Crippen molar-refractivity contribution in [2.75, 3.05) is 18.5 Å². The number of anilines is 1. The zero-order valence-corrected chi connectivity index (χ0v) is 17.3. The van der Waals surface area contributed by atoms with E-state index in [1.807, 2.05) is 18.2 Å². The number of nitrogens with zero attached hydrogens (tertiary/aromatic N) is 1. The van der Waals surface area contributed by atoms with Crippen molar-refractivity contribution in [3.05, 3.63) is 59.2 Å². The number of carbonyl (C=O) groups is 2. The molecule has 6 nitrogen and oxygen atoms in total. The number of urea groups is 1. The van der Waals surface area contributed by atoms with Gasteiger partial charge < -0.3 is 20.3 Å². The lowest BCUT2D eigenvalue weighted by molar-refractivity contribution is -0.153. The Morgan fingerprint density at radius 2 is 1.87 bits per heavy atom. The van der Waals surface area contributed by atoms with Crippen molar-refractivity contribution in [3.8, 4) is 5.75 Å². The molecule has 166 valence electrons. The molecule has 3 rings (SSSR count).